The third-order valence-electron chi connectivity index (χ3n) is 8.82. The molecule has 8 saturated carbocycles. The Morgan fingerprint density at radius 1 is 0.929 bits per heavy atom. The summed E-state index contributed by atoms with van der Waals surface area (Å²) in [4.78, 5) is 0. The Bertz CT molecular complexity index is 413. The molecular weight excluding hydrogens is 168 g/mol. The highest BCUT2D eigenvalue weighted by molar-refractivity contribution is 5.54. The Kier molecular flexibility index (Phi) is 0.494. The average Bonchev–Trinajstić information content (AvgIpc) is 2.58. The molecular formula is C14H16. The Labute approximate surface area is 84.4 Å². The molecule has 6 bridgehead atoms. The molecule has 72 valence electrons. The van der Waals surface area contributed by atoms with Gasteiger partial charge in [-0.2, -0.15) is 0 Å². The molecule has 0 aliphatic heterocycles. The predicted octanol–water partition coefficient (Wildman–Crippen LogP) is 2.54. The second-order valence-corrected chi connectivity index (χ2v) is 7.86. The lowest BCUT2D eigenvalue weighted by molar-refractivity contribution is -0.0413. The molecule has 8 aliphatic rings. The van der Waals surface area contributed by atoms with Crippen LogP contribution in [0.4, 0.5) is 0 Å². The van der Waals surface area contributed by atoms with E-state index in [0.29, 0.717) is 0 Å². The zero-order chi connectivity index (χ0) is 8.45. The fraction of sp³-hybridized carbons (Fsp3) is 1.00. The summed E-state index contributed by atoms with van der Waals surface area (Å²) in [5.74, 6) is 10.2. The van der Waals surface area contributed by atoms with Crippen molar-refractivity contribution in [1.82, 2.24) is 0 Å². The quantitative estimate of drug-likeness (QED) is 0.542. The summed E-state index contributed by atoms with van der Waals surface area (Å²) in [5.41, 5.74) is 2.11. The average molecular weight is 184 g/mol. The molecule has 0 radical (unpaired) electrons. The molecule has 0 aromatic carbocycles. The van der Waals surface area contributed by atoms with E-state index >= 15 is 0 Å². The molecule has 0 nitrogen and oxygen atoms in total. The van der Waals surface area contributed by atoms with Crippen LogP contribution in [0.25, 0.3) is 0 Å². The first kappa shape index (κ1) is 5.92. The van der Waals surface area contributed by atoms with Crippen molar-refractivity contribution in [3.05, 3.63) is 0 Å². The van der Waals surface area contributed by atoms with Gasteiger partial charge in [0.2, 0.25) is 0 Å². The first-order chi connectivity index (χ1) is 6.90. The van der Waals surface area contributed by atoms with Gasteiger partial charge in [-0.05, 0) is 83.9 Å². The van der Waals surface area contributed by atoms with Crippen LogP contribution in [-0.2, 0) is 0 Å². The topological polar surface area (TPSA) is 0 Å². The van der Waals surface area contributed by atoms with Gasteiger partial charge in [0.25, 0.3) is 0 Å². The molecule has 0 amide bonds. The molecule has 0 heterocycles. The molecule has 0 aromatic rings. The van der Waals surface area contributed by atoms with Crippen LogP contribution in [0.3, 0.4) is 0 Å². The van der Waals surface area contributed by atoms with E-state index in [0.717, 1.165) is 10.8 Å². The first-order valence-electron chi connectivity index (χ1n) is 6.90. The zero-order valence-corrected chi connectivity index (χ0v) is 8.45. The fourth-order valence-corrected chi connectivity index (χ4v) is 9.43. The van der Waals surface area contributed by atoms with Crippen molar-refractivity contribution in [2.24, 2.45) is 58.2 Å². The van der Waals surface area contributed by atoms with E-state index in [1.54, 1.807) is 25.7 Å². The van der Waals surface area contributed by atoms with E-state index in [9.17, 15) is 0 Å². The number of hydrogen-bond acceptors (Lipinski definition) is 0. The summed E-state index contributed by atoms with van der Waals surface area (Å²) < 4.78 is 0. The summed E-state index contributed by atoms with van der Waals surface area (Å²) in [5, 5.41) is 0. The normalized spacial score (nSPS) is 96.0. The second-order valence-electron chi connectivity index (χ2n) is 7.86. The Morgan fingerprint density at radius 2 is 1.86 bits per heavy atom. The molecule has 14 heavy (non-hydrogen) atoms. The van der Waals surface area contributed by atoms with Crippen molar-refractivity contribution in [2.45, 2.75) is 25.7 Å². The van der Waals surface area contributed by atoms with E-state index in [1.807, 2.05) is 0 Å². The summed E-state index contributed by atoms with van der Waals surface area (Å²) in [6.07, 6.45) is 6.82. The molecule has 0 saturated heterocycles. The minimum atomic E-state index is 1.04. The summed E-state index contributed by atoms with van der Waals surface area (Å²) in [6, 6.07) is 0. The van der Waals surface area contributed by atoms with Gasteiger partial charge in [0.05, 0.1) is 0 Å². The second kappa shape index (κ2) is 1.17. The van der Waals surface area contributed by atoms with Gasteiger partial charge in [0, 0.05) is 0 Å². The van der Waals surface area contributed by atoms with E-state index in [1.165, 1.54) is 47.3 Å². The maximum Gasteiger partial charge on any atom is -0.0133 e. The minimum absolute atomic E-state index is 1.04. The molecule has 0 N–H and O–H groups in total. The largest absolute Gasteiger partial charge is 0.0467 e. The third kappa shape index (κ3) is 0.239. The molecule has 8 aliphatic carbocycles. The Morgan fingerprint density at radius 3 is 2.86 bits per heavy atom. The monoisotopic (exact) mass is 184 g/mol. The molecule has 2 spiro atoms. The highest BCUT2D eigenvalue weighted by Crippen LogP contribution is 3.11. The van der Waals surface area contributed by atoms with Gasteiger partial charge >= 0.3 is 0 Å². The Balaban J connectivity index is 1.70. The van der Waals surface area contributed by atoms with E-state index in [4.69, 9.17) is 0 Å². The smallest absolute Gasteiger partial charge is 0.0133 e. The lowest BCUT2D eigenvalue weighted by Crippen LogP contribution is -2.47. The van der Waals surface area contributed by atoms with Crippen LogP contribution >= 0.6 is 0 Å². The van der Waals surface area contributed by atoms with Gasteiger partial charge in [0.15, 0.2) is 0 Å². The zero-order valence-electron chi connectivity index (χ0n) is 8.45. The predicted molar refractivity (Wildman–Crippen MR) is 51.3 cm³/mol. The van der Waals surface area contributed by atoms with Crippen LogP contribution < -0.4 is 0 Å². The molecule has 0 heteroatoms. The van der Waals surface area contributed by atoms with E-state index in [-0.39, 0.29) is 0 Å². The van der Waals surface area contributed by atoms with Crippen molar-refractivity contribution in [3.63, 3.8) is 0 Å². The SMILES string of the molecule is C1C2CC3C1C1C4C5CC2CC52C1C342. The maximum absolute atomic E-state index is 1.73. The van der Waals surface area contributed by atoms with Crippen molar-refractivity contribution in [3.8, 4) is 0 Å². The number of rotatable bonds is 0. The minimum Gasteiger partial charge on any atom is -0.0467 e. The van der Waals surface area contributed by atoms with Crippen LogP contribution in [-0.4, -0.2) is 0 Å². The summed E-state index contributed by atoms with van der Waals surface area (Å²) in [7, 11) is 0. The van der Waals surface area contributed by atoms with E-state index < -0.39 is 0 Å². The van der Waals surface area contributed by atoms with Crippen LogP contribution in [0.2, 0.25) is 0 Å². The third-order valence-corrected chi connectivity index (χ3v) is 8.82. The van der Waals surface area contributed by atoms with E-state index in [2.05, 4.69) is 0 Å². The Hall–Kier alpha value is 0. The van der Waals surface area contributed by atoms with Crippen molar-refractivity contribution < 1.29 is 0 Å². The summed E-state index contributed by atoms with van der Waals surface area (Å²) >= 11 is 0. The van der Waals surface area contributed by atoms with Crippen molar-refractivity contribution >= 4 is 0 Å². The van der Waals surface area contributed by atoms with Crippen molar-refractivity contribution in [1.29, 1.82) is 0 Å². The maximum atomic E-state index is 1.73. The van der Waals surface area contributed by atoms with Crippen LogP contribution in [0.5, 0.6) is 0 Å². The highest BCUT2D eigenvalue weighted by Gasteiger charge is 3.07. The van der Waals surface area contributed by atoms with Gasteiger partial charge < -0.3 is 0 Å². The first-order valence-corrected chi connectivity index (χ1v) is 6.90. The molecule has 10 atom stereocenters. The molecule has 8 fully saturated rings. The van der Waals surface area contributed by atoms with Crippen LogP contribution in [0.1, 0.15) is 25.7 Å². The standard InChI is InChI=1S/C14H16/c1-5-2-8-7(1)10-11-9-3-6(5)4-13(9)12(10)14(8,11)13/h5-12H,1-4H2. The summed E-state index contributed by atoms with van der Waals surface area (Å²) in [6.45, 7) is 0. The molecule has 10 unspecified atom stereocenters. The highest BCUT2D eigenvalue weighted by atomic mass is 15.1. The molecule has 8 rings (SSSR count). The number of hydrogen-bond donors (Lipinski definition) is 0. The number of fused-ring (bicyclic) bond motifs is 3. The van der Waals surface area contributed by atoms with Gasteiger partial charge in [-0.3, -0.25) is 0 Å². The fourth-order valence-electron chi connectivity index (χ4n) is 9.43. The molecule has 0 aromatic heterocycles. The van der Waals surface area contributed by atoms with Crippen LogP contribution in [0, 0.1) is 58.2 Å². The van der Waals surface area contributed by atoms with Gasteiger partial charge in [0.1, 0.15) is 0 Å². The van der Waals surface area contributed by atoms with Gasteiger partial charge in [-0.1, -0.05) is 0 Å². The lowest BCUT2D eigenvalue weighted by Gasteiger charge is -2.50. The van der Waals surface area contributed by atoms with Crippen LogP contribution in [0.15, 0.2) is 0 Å². The lowest BCUT2D eigenvalue weighted by atomic mass is 9.53. The van der Waals surface area contributed by atoms with Gasteiger partial charge in [-0.25, -0.2) is 0 Å². The van der Waals surface area contributed by atoms with Crippen molar-refractivity contribution in [2.75, 3.05) is 0 Å². The van der Waals surface area contributed by atoms with Gasteiger partial charge in [-0.15, -0.1) is 0 Å².